The van der Waals surface area contributed by atoms with E-state index in [2.05, 4.69) is 0 Å². The van der Waals surface area contributed by atoms with Crippen LogP contribution in [0.3, 0.4) is 0 Å². The molecule has 0 radical (unpaired) electrons. The second-order valence-electron chi connectivity index (χ2n) is 10.9. The first-order chi connectivity index (χ1) is 24.0. The van der Waals surface area contributed by atoms with E-state index in [0.717, 1.165) is 0 Å². The Labute approximate surface area is 280 Å². The summed E-state index contributed by atoms with van der Waals surface area (Å²) in [5.74, 6) is 3.76. The molecule has 5 aromatic heterocycles. The van der Waals surface area contributed by atoms with Crippen molar-refractivity contribution >= 4 is 55.7 Å². The molecule has 0 spiro atoms. The molecule has 0 N–H and O–H groups in total. The SMILES string of the molecule is COc1ccc2nc(-c3sc(-c4nc5ccc(OC)cc5o4)c(-c4nc5ccc(OC)cc5o4)c3-c3nc4ccc(OC)cc4o3)oc2c1. The number of fused-ring (bicyclic) bond motifs is 4. The van der Waals surface area contributed by atoms with E-state index < -0.39 is 0 Å². The number of rotatable bonds is 8. The molecule has 0 aliphatic heterocycles. The second-order valence-corrected chi connectivity index (χ2v) is 11.9. The third-order valence-corrected chi connectivity index (χ3v) is 9.27. The minimum Gasteiger partial charge on any atom is -0.497 e. The second kappa shape index (κ2) is 11.1. The van der Waals surface area contributed by atoms with Crippen LogP contribution in [0.25, 0.3) is 88.8 Å². The first-order valence-corrected chi connectivity index (χ1v) is 15.8. The van der Waals surface area contributed by atoms with Crippen LogP contribution in [0.4, 0.5) is 0 Å². The van der Waals surface area contributed by atoms with Crippen molar-refractivity contribution in [2.45, 2.75) is 0 Å². The highest BCUT2D eigenvalue weighted by Crippen LogP contribution is 2.53. The van der Waals surface area contributed by atoms with Crippen LogP contribution in [-0.4, -0.2) is 48.4 Å². The molecule has 0 saturated carbocycles. The standard InChI is InChI=1S/C36H24N4O8S/c1-41-17-5-9-21-25(13-17)45-33(37-21)29-30(34-38-22-10-6-18(42-2)14-26(22)46-34)32(36-40-24-12-8-20(44-4)16-28(24)48-36)49-31(29)35-39-23-11-7-19(43-3)15-27(23)47-35/h5-16H,1-4H3. The van der Waals surface area contributed by atoms with Crippen molar-refractivity contribution in [2.24, 2.45) is 0 Å². The van der Waals surface area contributed by atoms with Crippen molar-refractivity contribution in [3.8, 4) is 67.4 Å². The van der Waals surface area contributed by atoms with E-state index in [4.69, 9.17) is 56.6 Å². The fourth-order valence-corrected chi connectivity index (χ4v) is 6.81. The van der Waals surface area contributed by atoms with E-state index in [1.54, 1.807) is 52.7 Å². The van der Waals surface area contributed by atoms with Crippen LogP contribution in [0.15, 0.2) is 90.5 Å². The first-order valence-electron chi connectivity index (χ1n) is 15.0. The van der Waals surface area contributed by atoms with Crippen molar-refractivity contribution in [3.63, 3.8) is 0 Å². The van der Waals surface area contributed by atoms with Gasteiger partial charge in [-0.25, -0.2) is 19.9 Å². The van der Waals surface area contributed by atoms with Crippen LogP contribution in [0, 0.1) is 0 Å². The zero-order chi connectivity index (χ0) is 33.2. The van der Waals surface area contributed by atoms with Crippen LogP contribution in [0.2, 0.25) is 0 Å². The van der Waals surface area contributed by atoms with Gasteiger partial charge in [0, 0.05) is 24.3 Å². The number of aromatic nitrogens is 4. The molecular formula is C36H24N4O8S. The zero-order valence-corrected chi connectivity index (χ0v) is 27.2. The molecule has 4 aromatic carbocycles. The quantitative estimate of drug-likeness (QED) is 0.152. The van der Waals surface area contributed by atoms with Crippen LogP contribution < -0.4 is 18.9 Å². The van der Waals surface area contributed by atoms with Gasteiger partial charge in [0.25, 0.3) is 0 Å². The van der Waals surface area contributed by atoms with Crippen molar-refractivity contribution < 1.29 is 36.6 Å². The molecule has 0 atom stereocenters. The van der Waals surface area contributed by atoms with Crippen LogP contribution in [0.5, 0.6) is 23.0 Å². The van der Waals surface area contributed by atoms with Crippen LogP contribution >= 0.6 is 11.3 Å². The lowest BCUT2D eigenvalue weighted by atomic mass is 10.1. The summed E-state index contributed by atoms with van der Waals surface area (Å²) < 4.78 is 47.4. The largest absolute Gasteiger partial charge is 0.497 e. The predicted molar refractivity (Wildman–Crippen MR) is 183 cm³/mol. The maximum absolute atomic E-state index is 6.45. The van der Waals surface area contributed by atoms with E-state index in [1.807, 2.05) is 48.5 Å². The number of oxazole rings is 4. The Balaban J connectivity index is 1.37. The molecule has 0 amide bonds. The molecule has 0 aliphatic rings. The fraction of sp³-hybridized carbons (Fsp3) is 0.111. The number of thiophene rings is 1. The Bertz CT molecular complexity index is 2520. The van der Waals surface area contributed by atoms with Gasteiger partial charge in [0.05, 0.1) is 39.6 Å². The van der Waals surface area contributed by atoms with Gasteiger partial charge in [-0.15, -0.1) is 11.3 Å². The summed E-state index contributed by atoms with van der Waals surface area (Å²) in [6.45, 7) is 0. The Kier molecular flexibility index (Phi) is 6.55. The van der Waals surface area contributed by atoms with E-state index in [0.29, 0.717) is 100 Å². The molecule has 0 bridgehead atoms. The highest BCUT2D eigenvalue weighted by atomic mass is 32.1. The summed E-state index contributed by atoms with van der Waals surface area (Å²) in [5.41, 5.74) is 5.74. The molecule has 0 saturated heterocycles. The van der Waals surface area contributed by atoms with Gasteiger partial charge in [-0.2, -0.15) is 0 Å². The van der Waals surface area contributed by atoms with Gasteiger partial charge in [-0.3, -0.25) is 0 Å². The van der Waals surface area contributed by atoms with E-state index in [9.17, 15) is 0 Å². The molecule has 12 nitrogen and oxygen atoms in total. The Hall–Kier alpha value is -6.34. The molecule has 49 heavy (non-hydrogen) atoms. The molecular weight excluding hydrogens is 648 g/mol. The minimum absolute atomic E-state index is 0.285. The molecule has 9 aromatic rings. The number of hydrogen-bond donors (Lipinski definition) is 0. The molecule has 9 rings (SSSR count). The monoisotopic (exact) mass is 672 g/mol. The highest BCUT2D eigenvalue weighted by Gasteiger charge is 2.33. The van der Waals surface area contributed by atoms with E-state index in [1.165, 1.54) is 11.3 Å². The number of nitrogens with zero attached hydrogens (tertiary/aromatic N) is 4. The summed E-state index contributed by atoms with van der Waals surface area (Å²) in [6, 6.07) is 21.8. The van der Waals surface area contributed by atoms with Crippen molar-refractivity contribution in [1.29, 1.82) is 0 Å². The Morgan fingerprint density at radius 2 is 0.694 bits per heavy atom. The van der Waals surface area contributed by atoms with Crippen LogP contribution in [0.1, 0.15) is 0 Å². The lowest BCUT2D eigenvalue weighted by Crippen LogP contribution is -1.86. The molecule has 0 fully saturated rings. The number of hydrogen-bond acceptors (Lipinski definition) is 13. The topological polar surface area (TPSA) is 141 Å². The van der Waals surface area contributed by atoms with Gasteiger partial charge in [0.2, 0.25) is 23.6 Å². The normalized spacial score (nSPS) is 11.7. The summed E-state index contributed by atoms with van der Waals surface area (Å²) in [6.07, 6.45) is 0. The molecule has 0 unspecified atom stereocenters. The van der Waals surface area contributed by atoms with Crippen molar-refractivity contribution in [2.75, 3.05) is 28.4 Å². The van der Waals surface area contributed by atoms with Gasteiger partial charge in [-0.05, 0) is 48.5 Å². The van der Waals surface area contributed by atoms with Crippen molar-refractivity contribution in [3.05, 3.63) is 72.8 Å². The number of benzene rings is 4. The molecule has 5 heterocycles. The summed E-state index contributed by atoms with van der Waals surface area (Å²) in [4.78, 5) is 20.7. The van der Waals surface area contributed by atoms with E-state index >= 15 is 0 Å². The first kappa shape index (κ1) is 28.8. The lowest BCUT2D eigenvalue weighted by Gasteiger charge is -2.01. The Morgan fingerprint density at radius 1 is 0.408 bits per heavy atom. The van der Waals surface area contributed by atoms with E-state index in [-0.39, 0.29) is 11.8 Å². The summed E-state index contributed by atoms with van der Waals surface area (Å²) >= 11 is 1.34. The van der Waals surface area contributed by atoms with Crippen LogP contribution in [-0.2, 0) is 0 Å². The maximum atomic E-state index is 6.45. The van der Waals surface area contributed by atoms with Gasteiger partial charge in [-0.1, -0.05) is 0 Å². The molecule has 13 heteroatoms. The van der Waals surface area contributed by atoms with Gasteiger partial charge < -0.3 is 36.6 Å². The van der Waals surface area contributed by atoms with Gasteiger partial charge in [0.15, 0.2) is 22.3 Å². The predicted octanol–water partition coefficient (Wildman–Crippen LogP) is 9.02. The number of ether oxygens (including phenoxy) is 4. The third-order valence-electron chi connectivity index (χ3n) is 8.11. The summed E-state index contributed by atoms with van der Waals surface area (Å²) in [7, 11) is 6.39. The Morgan fingerprint density at radius 3 is 1.00 bits per heavy atom. The maximum Gasteiger partial charge on any atom is 0.238 e. The van der Waals surface area contributed by atoms with Crippen molar-refractivity contribution in [1.82, 2.24) is 19.9 Å². The number of methoxy groups -OCH3 is 4. The average molecular weight is 673 g/mol. The lowest BCUT2D eigenvalue weighted by molar-refractivity contribution is 0.414. The summed E-state index contributed by atoms with van der Waals surface area (Å²) in [5, 5.41) is 0. The fourth-order valence-electron chi connectivity index (χ4n) is 5.68. The van der Waals surface area contributed by atoms with Gasteiger partial charge in [0.1, 0.15) is 54.8 Å². The average Bonchev–Trinajstić information content (AvgIpc) is 3.96. The third kappa shape index (κ3) is 4.73. The van der Waals surface area contributed by atoms with Gasteiger partial charge >= 0.3 is 0 Å². The highest BCUT2D eigenvalue weighted by molar-refractivity contribution is 7.20. The smallest absolute Gasteiger partial charge is 0.238 e. The zero-order valence-electron chi connectivity index (χ0n) is 26.4. The molecule has 0 aliphatic carbocycles. The minimum atomic E-state index is 0.285. The molecule has 242 valence electrons.